The van der Waals surface area contributed by atoms with E-state index in [9.17, 15) is 9.59 Å². The summed E-state index contributed by atoms with van der Waals surface area (Å²) < 4.78 is 10.8. The largest absolute Gasteiger partial charge is 0.493 e. The summed E-state index contributed by atoms with van der Waals surface area (Å²) in [5.74, 6) is 1.51. The molecule has 6 heteroatoms. The third-order valence-corrected chi connectivity index (χ3v) is 5.01. The van der Waals surface area contributed by atoms with E-state index in [1.807, 2.05) is 37.8 Å². The van der Waals surface area contributed by atoms with E-state index in [-0.39, 0.29) is 12.0 Å². The second-order valence-electron chi connectivity index (χ2n) is 8.42. The number of carbonyl (C=O) groups is 2. The third kappa shape index (κ3) is 5.62. The van der Waals surface area contributed by atoms with Crippen LogP contribution in [0.2, 0.25) is 0 Å². The summed E-state index contributed by atoms with van der Waals surface area (Å²) in [4.78, 5) is 26.3. The highest BCUT2D eigenvalue weighted by Crippen LogP contribution is 2.26. The van der Waals surface area contributed by atoms with Gasteiger partial charge in [-0.05, 0) is 56.7 Å². The number of hydrogen-bond donors (Lipinski definition) is 1. The number of nitrogens with one attached hydrogen (secondary N) is 1. The summed E-state index contributed by atoms with van der Waals surface area (Å²) in [7, 11) is 0. The van der Waals surface area contributed by atoms with Gasteiger partial charge in [-0.25, -0.2) is 4.79 Å². The van der Waals surface area contributed by atoms with Gasteiger partial charge in [-0.2, -0.15) is 0 Å². The molecule has 27 heavy (non-hydrogen) atoms. The molecule has 0 spiro atoms. The van der Waals surface area contributed by atoms with Crippen LogP contribution in [0.25, 0.3) is 0 Å². The van der Waals surface area contributed by atoms with Crippen molar-refractivity contribution < 1.29 is 19.1 Å². The van der Waals surface area contributed by atoms with Gasteiger partial charge in [0.2, 0.25) is 5.91 Å². The van der Waals surface area contributed by atoms with Gasteiger partial charge in [-0.3, -0.25) is 4.79 Å². The summed E-state index contributed by atoms with van der Waals surface area (Å²) in [6.45, 7) is 8.38. The van der Waals surface area contributed by atoms with Crippen LogP contribution in [0.3, 0.4) is 0 Å². The zero-order valence-electron chi connectivity index (χ0n) is 16.5. The fourth-order valence-corrected chi connectivity index (χ4v) is 3.56. The van der Waals surface area contributed by atoms with Gasteiger partial charge in [-0.15, -0.1) is 0 Å². The Labute approximate surface area is 161 Å². The van der Waals surface area contributed by atoms with Crippen LogP contribution in [-0.4, -0.2) is 48.7 Å². The molecular weight excluding hydrogens is 344 g/mol. The van der Waals surface area contributed by atoms with Gasteiger partial charge < -0.3 is 19.7 Å². The number of amides is 2. The lowest BCUT2D eigenvalue weighted by Crippen LogP contribution is -2.42. The smallest absolute Gasteiger partial charge is 0.407 e. The third-order valence-electron chi connectivity index (χ3n) is 5.01. The number of ether oxygens (including phenoxy) is 2. The predicted octanol–water partition coefficient (Wildman–Crippen LogP) is 2.93. The Balaban J connectivity index is 1.41. The van der Waals surface area contributed by atoms with Gasteiger partial charge in [0, 0.05) is 26.1 Å². The average molecular weight is 374 g/mol. The molecule has 0 unspecified atom stereocenters. The molecule has 0 atom stereocenters. The van der Waals surface area contributed by atoms with Crippen molar-refractivity contribution in [3.8, 4) is 5.75 Å². The van der Waals surface area contributed by atoms with E-state index in [4.69, 9.17) is 9.47 Å². The Morgan fingerprint density at radius 3 is 2.70 bits per heavy atom. The van der Waals surface area contributed by atoms with Crippen molar-refractivity contribution in [3.63, 3.8) is 0 Å². The lowest BCUT2D eigenvalue weighted by Gasteiger charge is -2.32. The highest BCUT2D eigenvalue weighted by atomic mass is 16.6. The summed E-state index contributed by atoms with van der Waals surface area (Å²) >= 11 is 0. The summed E-state index contributed by atoms with van der Waals surface area (Å²) in [6, 6.07) is 6.05. The molecule has 148 valence electrons. The molecule has 2 aliphatic heterocycles. The molecule has 0 saturated carbocycles. The van der Waals surface area contributed by atoms with E-state index in [0.717, 1.165) is 50.3 Å². The van der Waals surface area contributed by atoms with Gasteiger partial charge in [0.25, 0.3) is 0 Å². The molecule has 0 aromatic heterocycles. The lowest BCUT2D eigenvalue weighted by atomic mass is 9.96. The minimum absolute atomic E-state index is 0.174. The molecule has 2 amide bonds. The molecule has 0 aliphatic carbocycles. The van der Waals surface area contributed by atoms with Crippen LogP contribution in [0, 0.1) is 5.92 Å². The van der Waals surface area contributed by atoms with Crippen molar-refractivity contribution in [2.45, 2.75) is 52.1 Å². The van der Waals surface area contributed by atoms with Crippen LogP contribution >= 0.6 is 0 Å². The van der Waals surface area contributed by atoms with Crippen molar-refractivity contribution in [3.05, 3.63) is 29.3 Å². The monoisotopic (exact) mass is 374 g/mol. The molecule has 6 nitrogen and oxygen atoms in total. The van der Waals surface area contributed by atoms with E-state index in [1.54, 1.807) is 0 Å². The van der Waals surface area contributed by atoms with Crippen LogP contribution in [0.15, 0.2) is 18.2 Å². The molecule has 1 saturated heterocycles. The number of piperidine rings is 1. The first-order valence-corrected chi connectivity index (χ1v) is 9.79. The summed E-state index contributed by atoms with van der Waals surface area (Å²) in [5, 5.41) is 2.84. The van der Waals surface area contributed by atoms with Gasteiger partial charge >= 0.3 is 6.09 Å². The molecular formula is C21H30N2O4. The van der Waals surface area contributed by atoms with Crippen molar-refractivity contribution in [2.24, 2.45) is 5.92 Å². The van der Waals surface area contributed by atoms with Crippen LogP contribution in [-0.2, 0) is 22.4 Å². The maximum absolute atomic E-state index is 12.6. The van der Waals surface area contributed by atoms with Crippen molar-refractivity contribution in [1.29, 1.82) is 0 Å². The molecule has 1 fully saturated rings. The Hall–Kier alpha value is -2.24. The maximum Gasteiger partial charge on any atom is 0.407 e. The van der Waals surface area contributed by atoms with Gasteiger partial charge in [0.05, 0.1) is 13.0 Å². The molecule has 2 aliphatic rings. The van der Waals surface area contributed by atoms with Crippen molar-refractivity contribution in [1.82, 2.24) is 10.2 Å². The molecule has 2 heterocycles. The molecule has 0 bridgehead atoms. The van der Waals surface area contributed by atoms with E-state index in [1.165, 1.54) is 5.56 Å². The fraction of sp³-hybridized carbons (Fsp3) is 0.619. The highest BCUT2D eigenvalue weighted by molar-refractivity contribution is 5.79. The first-order chi connectivity index (χ1) is 12.8. The highest BCUT2D eigenvalue weighted by Gasteiger charge is 2.24. The first kappa shape index (κ1) is 19.5. The lowest BCUT2D eigenvalue weighted by molar-refractivity contribution is -0.131. The number of nitrogens with zero attached hydrogens (tertiary/aromatic N) is 1. The molecule has 1 aromatic rings. The Kier molecular flexibility index (Phi) is 5.92. The van der Waals surface area contributed by atoms with E-state index in [0.29, 0.717) is 18.9 Å². The maximum atomic E-state index is 12.6. The minimum atomic E-state index is -0.483. The minimum Gasteiger partial charge on any atom is -0.493 e. The average Bonchev–Trinajstić information content (AvgIpc) is 3.06. The fourth-order valence-electron chi connectivity index (χ4n) is 3.56. The first-order valence-electron chi connectivity index (χ1n) is 9.79. The Morgan fingerprint density at radius 2 is 2.00 bits per heavy atom. The number of fused-ring (bicyclic) bond motifs is 1. The number of alkyl carbamates (subject to hydrolysis) is 1. The van der Waals surface area contributed by atoms with E-state index >= 15 is 0 Å². The van der Waals surface area contributed by atoms with E-state index < -0.39 is 5.60 Å². The molecule has 0 radical (unpaired) electrons. The predicted molar refractivity (Wildman–Crippen MR) is 103 cm³/mol. The number of likely N-dealkylation sites (tertiary alicyclic amines) is 1. The van der Waals surface area contributed by atoms with Crippen molar-refractivity contribution in [2.75, 3.05) is 26.2 Å². The molecule has 3 rings (SSSR count). The van der Waals surface area contributed by atoms with Crippen LogP contribution in [0.1, 0.15) is 44.7 Å². The van der Waals surface area contributed by atoms with Crippen LogP contribution < -0.4 is 10.1 Å². The Morgan fingerprint density at radius 1 is 1.26 bits per heavy atom. The molecule has 1 N–H and O–H groups in total. The zero-order chi connectivity index (χ0) is 19.4. The van der Waals surface area contributed by atoms with Gasteiger partial charge in [0.1, 0.15) is 11.4 Å². The standard InChI is InChI=1S/C21H30N2O4/c1-21(2,3)27-20(25)22-14-15-6-9-23(10-7-15)19(24)13-16-4-5-18-17(12-16)8-11-26-18/h4-5,12,15H,6-11,13-14H2,1-3H3,(H,22,25). The van der Waals surface area contributed by atoms with Crippen LogP contribution in [0.5, 0.6) is 5.75 Å². The zero-order valence-corrected chi connectivity index (χ0v) is 16.5. The normalized spacial score (nSPS) is 17.2. The number of rotatable bonds is 4. The SMILES string of the molecule is CC(C)(C)OC(=O)NCC1CCN(C(=O)Cc2ccc3c(c2)CCO3)CC1. The number of carbonyl (C=O) groups excluding carboxylic acids is 2. The Bertz CT molecular complexity index is 688. The van der Waals surface area contributed by atoms with Gasteiger partial charge in [0.15, 0.2) is 0 Å². The quantitative estimate of drug-likeness (QED) is 0.880. The summed E-state index contributed by atoms with van der Waals surface area (Å²) in [6.07, 6.45) is 2.79. The number of hydrogen-bond acceptors (Lipinski definition) is 4. The second-order valence-corrected chi connectivity index (χ2v) is 8.42. The molecule has 1 aromatic carbocycles. The van der Waals surface area contributed by atoms with Crippen LogP contribution in [0.4, 0.5) is 4.79 Å². The second kappa shape index (κ2) is 8.19. The van der Waals surface area contributed by atoms with Crippen molar-refractivity contribution >= 4 is 12.0 Å². The number of benzene rings is 1. The van der Waals surface area contributed by atoms with Gasteiger partial charge in [-0.1, -0.05) is 12.1 Å². The summed E-state index contributed by atoms with van der Waals surface area (Å²) in [5.41, 5.74) is 1.77. The topological polar surface area (TPSA) is 67.9 Å². The van der Waals surface area contributed by atoms with E-state index in [2.05, 4.69) is 11.4 Å².